The summed E-state index contributed by atoms with van der Waals surface area (Å²) in [5, 5.41) is 0. The lowest BCUT2D eigenvalue weighted by molar-refractivity contribution is -0.897. The molecule has 0 bridgehead atoms. The highest BCUT2D eigenvalue weighted by atomic mass is 31.2. The zero-order valence-corrected chi connectivity index (χ0v) is 30.0. The summed E-state index contributed by atoms with van der Waals surface area (Å²) in [4.78, 5) is 12.4. The Morgan fingerprint density at radius 3 is 1.82 bits per heavy atom. The average molecular weight is 654 g/mol. The Kier molecular flexibility index (Phi) is 23.5. The van der Waals surface area contributed by atoms with Crippen molar-refractivity contribution in [1.82, 2.24) is 0 Å². The highest BCUT2D eigenvalue weighted by molar-refractivity contribution is 7.45. The number of phosphoric ester groups is 1. The summed E-state index contributed by atoms with van der Waals surface area (Å²) in [6, 6.07) is 9.86. The summed E-state index contributed by atoms with van der Waals surface area (Å²) in [6.07, 6.45) is 25.2. The third-order valence-electron chi connectivity index (χ3n) is 9.18. The molecule has 0 aliphatic carbocycles. The van der Waals surface area contributed by atoms with Crippen molar-refractivity contribution in [3.05, 3.63) is 35.9 Å². The minimum atomic E-state index is -4.39. The molecule has 0 aromatic heterocycles. The zero-order chi connectivity index (χ0) is 32.3. The third kappa shape index (κ3) is 22.4. The van der Waals surface area contributed by atoms with Crippen LogP contribution in [-0.4, -0.2) is 63.7 Å². The molecule has 2 rings (SSSR count). The molecule has 0 amide bonds. The molecule has 1 aliphatic rings. The number of hydrogen-bond acceptors (Lipinski definition) is 6. The lowest BCUT2D eigenvalue weighted by Crippen LogP contribution is -2.41. The van der Waals surface area contributed by atoms with E-state index in [0.29, 0.717) is 26.2 Å². The number of phosphoric acid groups is 1. The maximum atomic E-state index is 12.4. The molecule has 0 radical (unpaired) electrons. The van der Waals surface area contributed by atoms with E-state index in [2.05, 4.69) is 14.0 Å². The molecule has 2 unspecified atom stereocenters. The second kappa shape index (κ2) is 26.2. The molecule has 8 heteroatoms. The molecule has 7 nitrogen and oxygen atoms in total. The summed E-state index contributed by atoms with van der Waals surface area (Å²) in [7, 11) is -2.11. The van der Waals surface area contributed by atoms with Crippen molar-refractivity contribution in [2.24, 2.45) is 0 Å². The highest BCUT2D eigenvalue weighted by Crippen LogP contribution is 2.38. The Bertz CT molecular complexity index is 851. The first-order valence-corrected chi connectivity index (χ1v) is 20.1. The number of quaternary nitrogens is 1. The van der Waals surface area contributed by atoms with Crippen molar-refractivity contribution in [3.8, 4) is 0 Å². The highest BCUT2D eigenvalue weighted by Gasteiger charge is 2.26. The summed E-state index contributed by atoms with van der Waals surface area (Å²) >= 11 is 0. The first-order chi connectivity index (χ1) is 21.9. The summed E-state index contributed by atoms with van der Waals surface area (Å²) in [5.41, 5.74) is 1.02. The number of rotatable bonds is 31. The number of unbranched alkanes of at least 4 members (excludes halogenated alkanes) is 16. The number of benzene rings is 1. The second-order valence-corrected chi connectivity index (χ2v) is 15.0. The first-order valence-electron chi connectivity index (χ1n) is 18.6. The predicted molar refractivity (Wildman–Crippen MR) is 184 cm³/mol. The molecule has 1 aromatic rings. The van der Waals surface area contributed by atoms with Gasteiger partial charge in [0.05, 0.1) is 53.1 Å². The average Bonchev–Trinajstić information content (AvgIpc) is 3.47. The lowest BCUT2D eigenvalue weighted by Gasteiger charge is -2.29. The fourth-order valence-corrected chi connectivity index (χ4v) is 6.98. The van der Waals surface area contributed by atoms with Crippen LogP contribution < -0.4 is 4.89 Å². The molecule has 1 heterocycles. The minimum absolute atomic E-state index is 0.110. The van der Waals surface area contributed by atoms with Gasteiger partial charge in [-0.25, -0.2) is 0 Å². The molecule has 2 atom stereocenters. The third-order valence-corrected chi connectivity index (χ3v) is 10.1. The standard InChI is InChI=1S/C37H68NO6P/c1-3-4-5-6-7-8-9-10-11-12-13-14-15-16-17-24-31-41-34-37(42-33-36-26-19-18-20-27-36)35-44-45(39,40)43-32-25-23-30-38(2)28-21-22-29-38/h18-20,26-27,37H,3-17,21-25,28-35H2,1-2H3. The number of nitrogens with zero attached hydrogens (tertiary/aromatic N) is 1. The largest absolute Gasteiger partial charge is 0.756 e. The molecule has 1 saturated heterocycles. The molecular formula is C37H68NO6P. The van der Waals surface area contributed by atoms with E-state index in [1.54, 1.807) is 0 Å². The van der Waals surface area contributed by atoms with E-state index in [1.807, 2.05) is 30.3 Å². The van der Waals surface area contributed by atoms with Crippen molar-refractivity contribution in [2.75, 3.05) is 53.1 Å². The van der Waals surface area contributed by atoms with Gasteiger partial charge in [0.25, 0.3) is 7.82 Å². The second-order valence-electron chi connectivity index (χ2n) is 13.6. The van der Waals surface area contributed by atoms with Crippen LogP contribution in [0.4, 0.5) is 0 Å². The van der Waals surface area contributed by atoms with E-state index >= 15 is 0 Å². The summed E-state index contributed by atoms with van der Waals surface area (Å²) < 4.78 is 35.8. The van der Waals surface area contributed by atoms with Gasteiger partial charge in [0.2, 0.25) is 0 Å². The molecule has 0 saturated carbocycles. The number of ether oxygens (including phenoxy) is 2. The van der Waals surface area contributed by atoms with Gasteiger partial charge in [-0.05, 0) is 24.8 Å². The van der Waals surface area contributed by atoms with E-state index in [0.717, 1.165) is 35.9 Å². The van der Waals surface area contributed by atoms with Crippen molar-refractivity contribution < 1.29 is 32.5 Å². The van der Waals surface area contributed by atoms with Gasteiger partial charge in [-0.2, -0.15) is 0 Å². The minimum Gasteiger partial charge on any atom is -0.756 e. The quantitative estimate of drug-likeness (QED) is 0.0452. The van der Waals surface area contributed by atoms with Gasteiger partial charge in [-0.1, -0.05) is 134 Å². The van der Waals surface area contributed by atoms with E-state index in [4.69, 9.17) is 18.5 Å². The molecule has 1 aliphatic heterocycles. The predicted octanol–water partition coefficient (Wildman–Crippen LogP) is 9.37. The van der Waals surface area contributed by atoms with E-state index in [-0.39, 0.29) is 13.2 Å². The van der Waals surface area contributed by atoms with Gasteiger partial charge < -0.3 is 27.9 Å². The number of likely N-dealkylation sites (tertiary alicyclic amines) is 1. The van der Waals surface area contributed by atoms with Crippen molar-refractivity contribution in [1.29, 1.82) is 0 Å². The van der Waals surface area contributed by atoms with Crippen LogP contribution >= 0.6 is 7.82 Å². The van der Waals surface area contributed by atoms with Gasteiger partial charge in [0, 0.05) is 19.4 Å². The zero-order valence-electron chi connectivity index (χ0n) is 29.1. The molecule has 0 N–H and O–H groups in total. The Hall–Kier alpha value is -0.790. The van der Waals surface area contributed by atoms with Gasteiger partial charge in [-0.3, -0.25) is 4.57 Å². The maximum absolute atomic E-state index is 12.4. The Morgan fingerprint density at radius 1 is 0.711 bits per heavy atom. The van der Waals surface area contributed by atoms with Crippen LogP contribution in [0.5, 0.6) is 0 Å². The Labute approximate surface area is 277 Å². The van der Waals surface area contributed by atoms with Crippen LogP contribution in [0.2, 0.25) is 0 Å². The molecule has 262 valence electrons. The van der Waals surface area contributed by atoms with Crippen molar-refractivity contribution in [3.63, 3.8) is 0 Å². The van der Waals surface area contributed by atoms with Crippen LogP contribution in [0.3, 0.4) is 0 Å². The van der Waals surface area contributed by atoms with Gasteiger partial charge >= 0.3 is 0 Å². The van der Waals surface area contributed by atoms with Gasteiger partial charge in [0.15, 0.2) is 0 Å². The van der Waals surface area contributed by atoms with E-state index in [9.17, 15) is 9.46 Å². The van der Waals surface area contributed by atoms with Crippen LogP contribution in [0.15, 0.2) is 30.3 Å². The smallest absolute Gasteiger partial charge is 0.267 e. The fraction of sp³-hybridized carbons (Fsp3) is 0.838. The fourth-order valence-electron chi connectivity index (χ4n) is 6.21. The normalized spacial score (nSPS) is 16.6. The topological polar surface area (TPSA) is 77.1 Å². The SMILES string of the molecule is CCCCCCCCCCCCCCCCCCOCC(COP(=O)([O-])OCCCC[N+]1(C)CCCC1)OCc1ccccc1. The van der Waals surface area contributed by atoms with Crippen molar-refractivity contribution in [2.45, 2.75) is 148 Å². The Morgan fingerprint density at radius 2 is 1.24 bits per heavy atom. The van der Waals surface area contributed by atoms with E-state index < -0.39 is 13.9 Å². The van der Waals surface area contributed by atoms with Crippen LogP contribution in [0, 0.1) is 0 Å². The molecule has 1 aromatic carbocycles. The number of hydrogen-bond donors (Lipinski definition) is 0. The molecule has 1 fully saturated rings. The van der Waals surface area contributed by atoms with Gasteiger partial charge in [0.1, 0.15) is 6.10 Å². The lowest BCUT2D eigenvalue weighted by atomic mass is 10.0. The maximum Gasteiger partial charge on any atom is 0.267 e. The van der Waals surface area contributed by atoms with Crippen LogP contribution in [0.1, 0.15) is 141 Å². The molecule has 45 heavy (non-hydrogen) atoms. The summed E-state index contributed by atoms with van der Waals surface area (Å²) in [6.45, 7) is 7.15. The monoisotopic (exact) mass is 653 g/mol. The van der Waals surface area contributed by atoms with Crippen LogP contribution in [-0.2, 0) is 29.7 Å². The van der Waals surface area contributed by atoms with Gasteiger partial charge in [-0.15, -0.1) is 0 Å². The summed E-state index contributed by atoms with van der Waals surface area (Å²) in [5.74, 6) is 0. The molecular weight excluding hydrogens is 585 g/mol. The van der Waals surface area contributed by atoms with Crippen molar-refractivity contribution >= 4 is 7.82 Å². The Balaban J connectivity index is 1.51. The molecule has 0 spiro atoms. The first kappa shape index (κ1) is 40.4. The van der Waals surface area contributed by atoms with Crippen LogP contribution in [0.25, 0.3) is 0 Å². The van der Waals surface area contributed by atoms with E-state index in [1.165, 1.54) is 116 Å².